The van der Waals surface area contributed by atoms with E-state index in [9.17, 15) is 8.42 Å². The number of sulfonamides is 1. The fourth-order valence-corrected chi connectivity index (χ4v) is 5.42. The van der Waals surface area contributed by atoms with Crippen molar-refractivity contribution in [1.29, 1.82) is 0 Å². The van der Waals surface area contributed by atoms with Gasteiger partial charge in [0.15, 0.2) is 0 Å². The fourth-order valence-electron chi connectivity index (χ4n) is 4.13. The van der Waals surface area contributed by atoms with Crippen molar-refractivity contribution in [2.75, 3.05) is 13.7 Å². The van der Waals surface area contributed by atoms with E-state index in [0.717, 1.165) is 43.4 Å². The van der Waals surface area contributed by atoms with E-state index in [0.29, 0.717) is 17.5 Å². The highest BCUT2D eigenvalue weighted by atomic mass is 35.5. The third-order valence-electron chi connectivity index (χ3n) is 5.79. The number of fused-ring (bicyclic) bond motifs is 1. The van der Waals surface area contributed by atoms with Crippen LogP contribution in [0.15, 0.2) is 47.4 Å². The lowest BCUT2D eigenvalue weighted by Crippen LogP contribution is -2.43. The van der Waals surface area contributed by atoms with Gasteiger partial charge in [-0.3, -0.25) is 0 Å². The molecule has 1 aliphatic rings. The first kappa shape index (κ1) is 24.7. The number of methoxy groups -OCH3 is 1. The summed E-state index contributed by atoms with van der Waals surface area (Å²) in [5.41, 5.74) is 3.44. The quantitative estimate of drug-likeness (QED) is 0.603. The Morgan fingerprint density at radius 2 is 1.93 bits per heavy atom. The van der Waals surface area contributed by atoms with E-state index in [1.165, 1.54) is 11.1 Å². The summed E-state index contributed by atoms with van der Waals surface area (Å²) in [4.78, 5) is 0.358. The maximum atomic E-state index is 12.6. The normalized spacial score (nSPS) is 17.0. The van der Waals surface area contributed by atoms with E-state index in [-0.39, 0.29) is 18.4 Å². The molecule has 0 bridgehead atoms. The van der Waals surface area contributed by atoms with Gasteiger partial charge in [-0.1, -0.05) is 37.3 Å². The minimum Gasteiger partial charge on any atom is -0.496 e. The molecule has 3 rings (SSSR count). The highest BCUT2D eigenvalue weighted by molar-refractivity contribution is 7.89. The molecule has 0 aliphatic heterocycles. The molecule has 0 saturated heterocycles. The largest absolute Gasteiger partial charge is 0.496 e. The minimum absolute atomic E-state index is 0. The maximum absolute atomic E-state index is 12.6. The molecule has 0 heterocycles. The molecule has 1 aliphatic carbocycles. The molecular weight excluding hydrogens is 420 g/mol. The lowest BCUT2D eigenvalue weighted by Gasteiger charge is -2.30. The Morgan fingerprint density at radius 3 is 2.63 bits per heavy atom. The van der Waals surface area contributed by atoms with Gasteiger partial charge >= 0.3 is 0 Å². The summed E-state index contributed by atoms with van der Waals surface area (Å²) in [6, 6.07) is 14.0. The molecule has 0 fully saturated rings. The van der Waals surface area contributed by atoms with Crippen molar-refractivity contribution in [3.63, 3.8) is 0 Å². The zero-order valence-electron chi connectivity index (χ0n) is 18.0. The molecule has 166 valence electrons. The van der Waals surface area contributed by atoms with Gasteiger partial charge in [0.05, 0.1) is 12.0 Å². The number of hydrogen-bond acceptors (Lipinski definition) is 4. The number of benzene rings is 2. The molecule has 2 atom stereocenters. The SMILES string of the molecule is CCC(CCNS(=O)(=O)c1ccccc1C)NC1CCc2cccc(OC)c2C1.Cl. The Bertz CT molecular complexity index is 920. The zero-order valence-corrected chi connectivity index (χ0v) is 19.6. The smallest absolute Gasteiger partial charge is 0.240 e. The first-order valence-electron chi connectivity index (χ1n) is 10.4. The molecule has 5 nitrogen and oxygen atoms in total. The van der Waals surface area contributed by atoms with Crippen molar-refractivity contribution >= 4 is 22.4 Å². The Morgan fingerprint density at radius 1 is 1.17 bits per heavy atom. The molecule has 2 unspecified atom stereocenters. The van der Waals surface area contributed by atoms with Crippen molar-refractivity contribution in [1.82, 2.24) is 10.0 Å². The number of nitrogens with one attached hydrogen (secondary N) is 2. The molecule has 30 heavy (non-hydrogen) atoms. The number of ether oxygens (including phenoxy) is 1. The summed E-state index contributed by atoms with van der Waals surface area (Å²) in [5.74, 6) is 0.966. The molecule has 0 spiro atoms. The van der Waals surface area contributed by atoms with Gasteiger partial charge in [-0.2, -0.15) is 0 Å². The predicted molar refractivity (Wildman–Crippen MR) is 124 cm³/mol. The lowest BCUT2D eigenvalue weighted by atomic mass is 9.87. The molecule has 0 saturated carbocycles. The second-order valence-corrected chi connectivity index (χ2v) is 9.50. The van der Waals surface area contributed by atoms with E-state index in [1.807, 2.05) is 25.1 Å². The summed E-state index contributed by atoms with van der Waals surface area (Å²) in [6.07, 6.45) is 4.80. The minimum atomic E-state index is -3.47. The third kappa shape index (κ3) is 5.97. The van der Waals surface area contributed by atoms with E-state index in [1.54, 1.807) is 19.2 Å². The molecule has 0 radical (unpaired) electrons. The number of hydrogen-bond donors (Lipinski definition) is 2. The van der Waals surface area contributed by atoms with E-state index in [2.05, 4.69) is 29.1 Å². The van der Waals surface area contributed by atoms with E-state index in [4.69, 9.17) is 4.74 Å². The first-order chi connectivity index (χ1) is 13.9. The van der Waals surface area contributed by atoms with Crippen LogP contribution in [0.1, 0.15) is 42.9 Å². The molecule has 2 aromatic carbocycles. The van der Waals surface area contributed by atoms with Crippen molar-refractivity contribution in [3.8, 4) is 5.75 Å². The van der Waals surface area contributed by atoms with Gasteiger partial charge in [0.2, 0.25) is 10.0 Å². The Hall–Kier alpha value is -1.60. The van der Waals surface area contributed by atoms with Crippen molar-refractivity contribution in [3.05, 3.63) is 59.2 Å². The van der Waals surface area contributed by atoms with Gasteiger partial charge in [-0.15, -0.1) is 12.4 Å². The Labute approximate surface area is 187 Å². The van der Waals surface area contributed by atoms with Gasteiger partial charge in [0.1, 0.15) is 5.75 Å². The van der Waals surface area contributed by atoms with Gasteiger partial charge in [-0.05, 0) is 67.9 Å². The van der Waals surface area contributed by atoms with Gasteiger partial charge in [-0.25, -0.2) is 13.1 Å². The maximum Gasteiger partial charge on any atom is 0.240 e. The van der Waals surface area contributed by atoms with Gasteiger partial charge in [0, 0.05) is 18.6 Å². The standard InChI is InChI=1S/C23H32N2O3S.ClH/c1-4-19(14-15-24-29(26,27)23-11-6-5-8-17(23)2)25-20-13-12-18-9-7-10-22(28-3)21(18)16-20;/h5-11,19-20,24-25H,4,12-16H2,1-3H3;1H. The van der Waals surface area contributed by atoms with Crippen LogP contribution in [-0.4, -0.2) is 34.2 Å². The van der Waals surface area contributed by atoms with Crippen LogP contribution in [0.3, 0.4) is 0 Å². The molecule has 7 heteroatoms. The summed E-state index contributed by atoms with van der Waals surface area (Å²) in [7, 11) is -1.75. The first-order valence-corrected chi connectivity index (χ1v) is 11.9. The van der Waals surface area contributed by atoms with Crippen molar-refractivity contribution in [2.24, 2.45) is 0 Å². The molecule has 2 aromatic rings. The van der Waals surface area contributed by atoms with E-state index < -0.39 is 10.0 Å². The fraction of sp³-hybridized carbons (Fsp3) is 0.478. The average Bonchev–Trinajstić information content (AvgIpc) is 2.72. The molecule has 0 aromatic heterocycles. The number of aryl methyl sites for hydroxylation is 2. The summed E-state index contributed by atoms with van der Waals surface area (Å²) < 4.78 is 33.5. The highest BCUT2D eigenvalue weighted by Crippen LogP contribution is 2.29. The highest BCUT2D eigenvalue weighted by Gasteiger charge is 2.23. The van der Waals surface area contributed by atoms with Crippen LogP contribution in [0, 0.1) is 6.92 Å². The average molecular weight is 453 g/mol. The zero-order chi connectivity index (χ0) is 20.9. The van der Waals surface area contributed by atoms with E-state index >= 15 is 0 Å². The topological polar surface area (TPSA) is 67.4 Å². The molecule has 0 amide bonds. The van der Waals surface area contributed by atoms with Crippen LogP contribution in [-0.2, 0) is 22.9 Å². The predicted octanol–water partition coefficient (Wildman–Crippen LogP) is 4.02. The monoisotopic (exact) mass is 452 g/mol. The summed E-state index contributed by atoms with van der Waals surface area (Å²) >= 11 is 0. The van der Waals surface area contributed by atoms with Gasteiger partial charge in [0.25, 0.3) is 0 Å². The van der Waals surface area contributed by atoms with Crippen LogP contribution < -0.4 is 14.8 Å². The number of halogens is 1. The Kier molecular flexibility index (Phi) is 9.16. The summed E-state index contributed by atoms with van der Waals surface area (Å²) in [6.45, 7) is 4.39. The second-order valence-electron chi connectivity index (χ2n) is 7.76. The van der Waals surface area contributed by atoms with Crippen LogP contribution in [0.5, 0.6) is 5.75 Å². The van der Waals surface area contributed by atoms with Crippen molar-refractivity contribution < 1.29 is 13.2 Å². The van der Waals surface area contributed by atoms with Crippen LogP contribution >= 0.6 is 12.4 Å². The third-order valence-corrected chi connectivity index (χ3v) is 7.42. The molecular formula is C23H33ClN2O3S. The Balaban J connectivity index is 0.00000320. The van der Waals surface area contributed by atoms with Crippen LogP contribution in [0.25, 0.3) is 0 Å². The van der Waals surface area contributed by atoms with Gasteiger partial charge < -0.3 is 10.1 Å². The summed E-state index contributed by atoms with van der Waals surface area (Å²) in [5, 5.41) is 3.74. The van der Waals surface area contributed by atoms with Crippen LogP contribution in [0.2, 0.25) is 0 Å². The van der Waals surface area contributed by atoms with Crippen molar-refractivity contribution in [2.45, 2.75) is 62.9 Å². The van der Waals surface area contributed by atoms with Crippen LogP contribution in [0.4, 0.5) is 0 Å². The molecule has 2 N–H and O–H groups in total. The lowest BCUT2D eigenvalue weighted by molar-refractivity contribution is 0.359. The second kappa shape index (κ2) is 11.1. The number of rotatable bonds is 9.